The zero-order valence-electron chi connectivity index (χ0n) is 13.4. The molecule has 6 heteroatoms. The number of piperidine rings is 1. The van der Waals surface area contributed by atoms with Crippen molar-refractivity contribution in [3.8, 4) is 0 Å². The van der Waals surface area contributed by atoms with Crippen LogP contribution in [-0.2, 0) is 10.0 Å². The number of rotatable bonds is 8. The summed E-state index contributed by atoms with van der Waals surface area (Å²) in [6.07, 6.45) is 2.09. The van der Waals surface area contributed by atoms with Crippen molar-refractivity contribution in [2.75, 3.05) is 31.9 Å². The van der Waals surface area contributed by atoms with Gasteiger partial charge in [0.2, 0.25) is 10.0 Å². The molecule has 1 aliphatic rings. The van der Waals surface area contributed by atoms with Crippen LogP contribution in [0.2, 0.25) is 0 Å². The molecule has 0 aromatic heterocycles. The first-order valence-electron chi connectivity index (χ1n) is 7.75. The largest absolute Gasteiger partial charge is 0.316 e. The summed E-state index contributed by atoms with van der Waals surface area (Å²) in [5.41, 5.74) is 0. The lowest BCUT2D eigenvalue weighted by molar-refractivity contribution is 0.179. The van der Waals surface area contributed by atoms with Gasteiger partial charge in [-0.3, -0.25) is 4.90 Å². The van der Waals surface area contributed by atoms with E-state index in [0.29, 0.717) is 18.6 Å². The van der Waals surface area contributed by atoms with E-state index in [0.717, 1.165) is 32.5 Å². The van der Waals surface area contributed by atoms with Crippen LogP contribution in [0.25, 0.3) is 0 Å². The third-order valence-electron chi connectivity index (χ3n) is 3.87. The van der Waals surface area contributed by atoms with E-state index in [-0.39, 0.29) is 11.7 Å². The average Bonchev–Trinajstić information content (AvgIpc) is 2.34. The van der Waals surface area contributed by atoms with Gasteiger partial charge in [0.1, 0.15) is 0 Å². The molecule has 1 heterocycles. The van der Waals surface area contributed by atoms with Crippen LogP contribution in [-0.4, -0.2) is 57.3 Å². The van der Waals surface area contributed by atoms with Gasteiger partial charge in [-0.15, -0.1) is 0 Å². The molecule has 120 valence electrons. The Hall–Kier alpha value is -0.170. The summed E-state index contributed by atoms with van der Waals surface area (Å²) in [5.74, 6) is 0.510. The molecular weight excluding hydrogens is 274 g/mol. The average molecular weight is 305 g/mol. The summed E-state index contributed by atoms with van der Waals surface area (Å²) in [7, 11) is -3.14. The highest BCUT2D eigenvalue weighted by atomic mass is 32.2. The maximum absolute atomic E-state index is 12.1. The molecule has 0 aliphatic carbocycles. The Balaban J connectivity index is 2.35. The van der Waals surface area contributed by atoms with Crippen molar-refractivity contribution >= 4 is 10.0 Å². The predicted molar refractivity (Wildman–Crippen MR) is 84.4 cm³/mol. The van der Waals surface area contributed by atoms with Gasteiger partial charge in [-0.1, -0.05) is 0 Å². The number of hydrogen-bond acceptors (Lipinski definition) is 4. The first-order valence-corrected chi connectivity index (χ1v) is 9.41. The molecule has 0 aromatic carbocycles. The SMILES string of the molecule is CC(C)N(CCNS(=O)(=O)CC1CCCNC1)C(C)C. The van der Waals surface area contributed by atoms with Crippen LogP contribution in [0.4, 0.5) is 0 Å². The van der Waals surface area contributed by atoms with Gasteiger partial charge >= 0.3 is 0 Å². The molecular formula is C14H31N3O2S. The van der Waals surface area contributed by atoms with Gasteiger partial charge < -0.3 is 5.32 Å². The first-order chi connectivity index (χ1) is 9.32. The highest BCUT2D eigenvalue weighted by Crippen LogP contribution is 2.12. The smallest absolute Gasteiger partial charge is 0.211 e. The van der Waals surface area contributed by atoms with E-state index < -0.39 is 10.0 Å². The second kappa shape index (κ2) is 8.32. The number of hydrogen-bond donors (Lipinski definition) is 2. The Labute approximate surface area is 124 Å². The summed E-state index contributed by atoms with van der Waals surface area (Å²) < 4.78 is 26.9. The summed E-state index contributed by atoms with van der Waals surface area (Å²) in [6.45, 7) is 11.7. The topological polar surface area (TPSA) is 61.4 Å². The molecule has 0 radical (unpaired) electrons. The zero-order chi connectivity index (χ0) is 15.2. The maximum Gasteiger partial charge on any atom is 0.211 e. The Bertz CT molecular complexity index is 355. The van der Waals surface area contributed by atoms with E-state index in [1.165, 1.54) is 0 Å². The van der Waals surface area contributed by atoms with Crippen molar-refractivity contribution < 1.29 is 8.42 Å². The monoisotopic (exact) mass is 305 g/mol. The van der Waals surface area contributed by atoms with E-state index >= 15 is 0 Å². The molecule has 1 rings (SSSR count). The van der Waals surface area contributed by atoms with Gasteiger partial charge in [-0.05, 0) is 59.5 Å². The molecule has 1 atom stereocenters. The Kier molecular flexibility index (Phi) is 7.43. The van der Waals surface area contributed by atoms with Gasteiger partial charge in [0.15, 0.2) is 0 Å². The molecule has 0 spiro atoms. The van der Waals surface area contributed by atoms with Gasteiger partial charge in [0.05, 0.1) is 5.75 Å². The molecule has 0 amide bonds. The molecule has 1 aliphatic heterocycles. The summed E-state index contributed by atoms with van der Waals surface area (Å²) >= 11 is 0. The Morgan fingerprint density at radius 1 is 1.25 bits per heavy atom. The minimum atomic E-state index is -3.14. The molecule has 1 fully saturated rings. The Morgan fingerprint density at radius 3 is 2.40 bits per heavy atom. The van der Waals surface area contributed by atoms with Crippen molar-refractivity contribution in [3.63, 3.8) is 0 Å². The van der Waals surface area contributed by atoms with Crippen LogP contribution in [0.15, 0.2) is 0 Å². The molecule has 0 aromatic rings. The quantitative estimate of drug-likeness (QED) is 0.703. The van der Waals surface area contributed by atoms with E-state index in [1.807, 2.05) is 0 Å². The molecule has 0 bridgehead atoms. The first kappa shape index (κ1) is 17.9. The van der Waals surface area contributed by atoms with E-state index in [2.05, 4.69) is 42.6 Å². The molecule has 2 N–H and O–H groups in total. The van der Waals surface area contributed by atoms with Crippen LogP contribution in [0.1, 0.15) is 40.5 Å². The van der Waals surface area contributed by atoms with Gasteiger partial charge in [-0.2, -0.15) is 0 Å². The highest BCUT2D eigenvalue weighted by Gasteiger charge is 2.21. The van der Waals surface area contributed by atoms with Gasteiger partial charge in [0.25, 0.3) is 0 Å². The van der Waals surface area contributed by atoms with Gasteiger partial charge in [0, 0.05) is 25.2 Å². The van der Waals surface area contributed by atoms with Crippen molar-refractivity contribution in [1.82, 2.24) is 14.9 Å². The van der Waals surface area contributed by atoms with Crippen molar-refractivity contribution in [2.24, 2.45) is 5.92 Å². The number of nitrogens with zero attached hydrogens (tertiary/aromatic N) is 1. The normalized spacial score (nSPS) is 21.1. The minimum absolute atomic E-state index is 0.253. The number of nitrogens with one attached hydrogen (secondary N) is 2. The molecule has 1 unspecified atom stereocenters. The second-order valence-electron chi connectivity index (χ2n) is 6.31. The van der Waals surface area contributed by atoms with E-state index in [4.69, 9.17) is 0 Å². The van der Waals surface area contributed by atoms with Crippen molar-refractivity contribution in [1.29, 1.82) is 0 Å². The lowest BCUT2D eigenvalue weighted by Crippen LogP contribution is -2.44. The molecule has 1 saturated heterocycles. The fraction of sp³-hybridized carbons (Fsp3) is 1.00. The zero-order valence-corrected chi connectivity index (χ0v) is 14.2. The van der Waals surface area contributed by atoms with Crippen LogP contribution >= 0.6 is 0 Å². The summed E-state index contributed by atoms with van der Waals surface area (Å²) in [5, 5.41) is 3.26. The fourth-order valence-electron chi connectivity index (χ4n) is 2.88. The second-order valence-corrected chi connectivity index (χ2v) is 8.16. The summed E-state index contributed by atoms with van der Waals surface area (Å²) in [4.78, 5) is 2.30. The minimum Gasteiger partial charge on any atom is -0.316 e. The standard InChI is InChI=1S/C14H31N3O2S/c1-12(2)17(13(3)4)9-8-16-20(18,19)11-14-6-5-7-15-10-14/h12-16H,5-11H2,1-4H3. The third kappa shape index (κ3) is 6.52. The van der Waals surface area contributed by atoms with Crippen molar-refractivity contribution in [2.45, 2.75) is 52.6 Å². The van der Waals surface area contributed by atoms with Crippen molar-refractivity contribution in [3.05, 3.63) is 0 Å². The fourth-order valence-corrected chi connectivity index (χ4v) is 4.30. The summed E-state index contributed by atoms with van der Waals surface area (Å²) in [6, 6.07) is 0.865. The lowest BCUT2D eigenvalue weighted by atomic mass is 10.0. The molecule has 0 saturated carbocycles. The van der Waals surface area contributed by atoms with E-state index in [9.17, 15) is 8.42 Å². The molecule has 20 heavy (non-hydrogen) atoms. The van der Waals surface area contributed by atoms with Crippen LogP contribution < -0.4 is 10.0 Å². The Morgan fingerprint density at radius 2 is 1.90 bits per heavy atom. The van der Waals surface area contributed by atoms with Crippen LogP contribution in [0.3, 0.4) is 0 Å². The van der Waals surface area contributed by atoms with Crippen LogP contribution in [0, 0.1) is 5.92 Å². The number of sulfonamides is 1. The lowest BCUT2D eigenvalue weighted by Gasteiger charge is -2.30. The van der Waals surface area contributed by atoms with Crippen LogP contribution in [0.5, 0.6) is 0 Å². The van der Waals surface area contributed by atoms with Gasteiger partial charge in [-0.25, -0.2) is 13.1 Å². The molecule has 5 nitrogen and oxygen atoms in total. The predicted octanol–water partition coefficient (Wildman–Crippen LogP) is 1.02. The highest BCUT2D eigenvalue weighted by molar-refractivity contribution is 7.89. The van der Waals surface area contributed by atoms with E-state index in [1.54, 1.807) is 0 Å². The maximum atomic E-state index is 12.1. The third-order valence-corrected chi connectivity index (χ3v) is 5.43.